The van der Waals surface area contributed by atoms with Crippen molar-refractivity contribution in [1.82, 2.24) is 9.80 Å². The number of carboxylic acids is 4. The second-order valence-electron chi connectivity index (χ2n) is 3.97. The van der Waals surface area contributed by atoms with Gasteiger partial charge < -0.3 is 25.2 Å². The largest absolute Gasteiger partial charge is 1.00 e. The zero-order valence-corrected chi connectivity index (χ0v) is 16.1. The number of rotatable bonds is 11. The number of hydrogen-bond donors (Lipinski definition) is 3. The summed E-state index contributed by atoms with van der Waals surface area (Å²) in [6.07, 6.45) is 0. The fraction of sp³-hybridized carbons (Fsp3) is 0.600. The molecule has 0 saturated heterocycles. The molecule has 0 rings (SSSR count). The van der Waals surface area contributed by atoms with Crippen molar-refractivity contribution in [2.75, 3.05) is 39.3 Å². The van der Waals surface area contributed by atoms with E-state index in [1.165, 1.54) is 0 Å². The van der Waals surface area contributed by atoms with Gasteiger partial charge in [-0.1, -0.05) is 0 Å². The van der Waals surface area contributed by atoms with E-state index in [1.807, 2.05) is 0 Å². The average molecular weight is 471 g/mol. The smallest absolute Gasteiger partial charge is 0.549 e. The number of carboxylic acid groups (broad SMARTS) is 4. The minimum Gasteiger partial charge on any atom is -0.549 e. The Morgan fingerprint density at radius 2 is 1.00 bits per heavy atom. The molecular weight excluding hydrogens is 456 g/mol. The van der Waals surface area contributed by atoms with Crippen LogP contribution in [0.25, 0.3) is 0 Å². The van der Waals surface area contributed by atoms with Crippen LogP contribution in [0.1, 0.15) is 0 Å². The Hall–Kier alpha value is 0.125. The van der Waals surface area contributed by atoms with Crippen molar-refractivity contribution in [3.8, 4) is 0 Å². The van der Waals surface area contributed by atoms with Crippen molar-refractivity contribution in [3.05, 3.63) is 0 Å². The predicted molar refractivity (Wildman–Crippen MR) is 60.8 cm³/mol. The fourth-order valence-electron chi connectivity index (χ4n) is 1.47. The van der Waals surface area contributed by atoms with Gasteiger partial charge in [0.05, 0.1) is 25.6 Å². The summed E-state index contributed by atoms with van der Waals surface area (Å²) < 4.78 is 0. The van der Waals surface area contributed by atoms with Crippen molar-refractivity contribution in [2.24, 2.45) is 0 Å². The van der Waals surface area contributed by atoms with Crippen LogP contribution in [0.5, 0.6) is 0 Å². The summed E-state index contributed by atoms with van der Waals surface area (Å²) in [5.74, 6) is -5.21. The van der Waals surface area contributed by atoms with Gasteiger partial charge in [0.25, 0.3) is 0 Å². The second kappa shape index (κ2) is 14.7. The molecule has 0 bridgehead atoms. The fourth-order valence-corrected chi connectivity index (χ4v) is 1.47. The van der Waals surface area contributed by atoms with Crippen LogP contribution in [0.2, 0.25) is 0 Å². The molecule has 0 saturated carbocycles. The molecule has 0 amide bonds. The first-order chi connectivity index (χ1) is 9.20. The maximum absolute atomic E-state index is 10.5. The third-order valence-corrected chi connectivity index (χ3v) is 2.16. The summed E-state index contributed by atoms with van der Waals surface area (Å²) in [7, 11) is 0. The summed E-state index contributed by atoms with van der Waals surface area (Å²) in [6.45, 7) is -2.50. The van der Waals surface area contributed by atoms with E-state index in [-0.39, 0.29) is 82.6 Å². The maximum atomic E-state index is 10.5. The zero-order chi connectivity index (χ0) is 15.7. The molecule has 0 fully saturated rings. The number of aliphatic carboxylic acids is 4. The molecule has 0 aliphatic rings. The van der Waals surface area contributed by atoms with Crippen molar-refractivity contribution in [3.63, 3.8) is 0 Å². The van der Waals surface area contributed by atoms with E-state index in [9.17, 15) is 24.3 Å². The van der Waals surface area contributed by atoms with E-state index in [0.717, 1.165) is 9.80 Å². The van der Waals surface area contributed by atoms with Gasteiger partial charge in [0, 0.05) is 59.6 Å². The molecule has 12 heteroatoms. The number of hydrogen-bond acceptors (Lipinski definition) is 7. The SMILES string of the molecule is O=C([O-])CN(CCN(CC(=O)O)CC(=O)O)CC(=O)O.[Gd].[Na+]. The van der Waals surface area contributed by atoms with Crippen LogP contribution < -0.4 is 34.7 Å². The van der Waals surface area contributed by atoms with Crippen LogP contribution in [0.4, 0.5) is 0 Å². The molecule has 0 aromatic heterocycles. The van der Waals surface area contributed by atoms with Gasteiger partial charge in [-0.15, -0.1) is 0 Å². The number of carbonyl (C=O) groups excluding carboxylic acids is 1. The Balaban J connectivity index is -0.00000180. The topological polar surface area (TPSA) is 159 Å². The van der Waals surface area contributed by atoms with Gasteiger partial charge >= 0.3 is 47.5 Å². The van der Waals surface area contributed by atoms with Crippen LogP contribution >= 0.6 is 0 Å². The van der Waals surface area contributed by atoms with Gasteiger partial charge in [-0.3, -0.25) is 24.2 Å². The van der Waals surface area contributed by atoms with Gasteiger partial charge in [0.1, 0.15) is 0 Å². The van der Waals surface area contributed by atoms with Gasteiger partial charge in [-0.25, -0.2) is 0 Å². The van der Waals surface area contributed by atoms with Crippen molar-refractivity contribution < 1.29 is 109 Å². The van der Waals surface area contributed by atoms with E-state index in [1.54, 1.807) is 0 Å². The van der Waals surface area contributed by atoms with Gasteiger partial charge in [-0.2, -0.15) is 0 Å². The van der Waals surface area contributed by atoms with Crippen LogP contribution in [0.3, 0.4) is 0 Å². The molecule has 0 spiro atoms. The maximum Gasteiger partial charge on any atom is 1.00 e. The number of carbonyl (C=O) groups is 4. The zero-order valence-electron chi connectivity index (χ0n) is 11.9. The second-order valence-corrected chi connectivity index (χ2v) is 3.97. The Labute approximate surface area is 180 Å². The van der Waals surface area contributed by atoms with Crippen LogP contribution in [0.15, 0.2) is 0 Å². The number of nitrogens with zero attached hydrogens (tertiary/aromatic N) is 2. The first-order valence-corrected chi connectivity index (χ1v) is 5.50. The molecule has 0 radical (unpaired) electrons. The molecule has 10 nitrogen and oxygen atoms in total. The molecule has 22 heavy (non-hydrogen) atoms. The molecule has 0 heterocycles. The quantitative estimate of drug-likeness (QED) is 0.247. The molecule has 0 atom stereocenters. The summed E-state index contributed by atoms with van der Waals surface area (Å²) in [5.41, 5.74) is 0. The minimum absolute atomic E-state index is 0. The van der Waals surface area contributed by atoms with Crippen molar-refractivity contribution in [2.45, 2.75) is 0 Å². The summed E-state index contributed by atoms with van der Waals surface area (Å²) >= 11 is 0. The third-order valence-electron chi connectivity index (χ3n) is 2.16. The van der Waals surface area contributed by atoms with Gasteiger partial charge in [0.15, 0.2) is 0 Å². The van der Waals surface area contributed by atoms with Crippen molar-refractivity contribution in [1.29, 1.82) is 0 Å². The Morgan fingerprint density at radius 1 is 0.727 bits per heavy atom. The average Bonchev–Trinajstić information content (AvgIpc) is 2.22. The van der Waals surface area contributed by atoms with Gasteiger partial charge in [-0.05, 0) is 0 Å². The first kappa shape index (κ1) is 27.0. The molecule has 3 N–H and O–H groups in total. The molecule has 0 unspecified atom stereocenters. The van der Waals surface area contributed by atoms with E-state index in [2.05, 4.69) is 0 Å². The summed E-state index contributed by atoms with van der Waals surface area (Å²) in [6, 6.07) is 0. The van der Waals surface area contributed by atoms with Crippen LogP contribution in [-0.2, 0) is 19.2 Å². The van der Waals surface area contributed by atoms with E-state index in [4.69, 9.17) is 15.3 Å². The van der Waals surface area contributed by atoms with Crippen LogP contribution in [0, 0.1) is 39.9 Å². The monoisotopic (exact) mass is 472 g/mol. The minimum atomic E-state index is -1.48. The summed E-state index contributed by atoms with van der Waals surface area (Å²) in [4.78, 5) is 44.1. The molecule has 0 aromatic carbocycles. The third kappa shape index (κ3) is 16.5. The normalized spacial score (nSPS) is 9.73. The molecular formula is C10H15GdN2NaO8. The van der Waals surface area contributed by atoms with Crippen LogP contribution in [-0.4, -0.2) is 88.3 Å². The standard InChI is InChI=1S/C10H16N2O8.Gd.Na/c13-7(14)3-11(4-8(15)16)1-2-12(5-9(17)18)6-10(19)20;;/h1-6H2,(H,13,14)(H,15,16)(H,17,18)(H,19,20);;/q;;+1/p-1. The Kier molecular flexibility index (Phi) is 18.0. The molecule has 0 aromatic rings. The molecule has 0 aliphatic carbocycles. The first-order valence-electron chi connectivity index (χ1n) is 5.50. The Bertz CT molecular complexity index is 327. The molecule has 122 valence electrons. The van der Waals surface area contributed by atoms with Crippen molar-refractivity contribution >= 4 is 23.9 Å². The van der Waals surface area contributed by atoms with Gasteiger partial charge in [0.2, 0.25) is 0 Å². The van der Waals surface area contributed by atoms with E-state index in [0.29, 0.717) is 0 Å². The van der Waals surface area contributed by atoms with E-state index >= 15 is 0 Å². The van der Waals surface area contributed by atoms with E-state index < -0.39 is 50.1 Å². The summed E-state index contributed by atoms with van der Waals surface area (Å²) in [5, 5.41) is 36.3. The molecule has 0 aliphatic heterocycles. The Morgan fingerprint density at radius 3 is 1.23 bits per heavy atom. The predicted octanol–water partition coefficient (Wildman–Crippen LogP) is -6.40.